The van der Waals surface area contributed by atoms with Crippen LogP contribution < -0.4 is 0 Å². The molecule has 392 valence electrons. The number of hydrogen-bond acceptors (Lipinski definition) is 6. The van der Waals surface area contributed by atoms with Crippen LogP contribution >= 0.6 is 0 Å². The fourth-order valence-electron chi connectivity index (χ4n) is 9.28. The largest absolute Gasteiger partial charge is 0.462 e. The van der Waals surface area contributed by atoms with Gasteiger partial charge in [-0.25, -0.2) is 0 Å². The van der Waals surface area contributed by atoms with Crippen LogP contribution in [0.2, 0.25) is 0 Å². The number of rotatable bonds is 55. The second-order valence-corrected chi connectivity index (χ2v) is 21.1. The maximum absolute atomic E-state index is 12.9. The van der Waals surface area contributed by atoms with Crippen LogP contribution in [0.5, 0.6) is 0 Å². The number of carbonyl (C=O) groups is 3. The monoisotopic (exact) mass is 933 g/mol. The van der Waals surface area contributed by atoms with Gasteiger partial charge in [0.25, 0.3) is 0 Å². The lowest BCUT2D eigenvalue weighted by Gasteiger charge is -2.18. The highest BCUT2D eigenvalue weighted by Crippen LogP contribution is 2.18. The fourth-order valence-corrected chi connectivity index (χ4v) is 9.28. The minimum atomic E-state index is -0.762. The number of esters is 3. The Balaban J connectivity index is 4.26. The van der Waals surface area contributed by atoms with Gasteiger partial charge in [0.1, 0.15) is 13.2 Å². The molecule has 0 radical (unpaired) electrons. The quantitative estimate of drug-likeness (QED) is 0.0343. The third-order valence-corrected chi connectivity index (χ3v) is 13.8. The molecule has 0 rings (SSSR count). The molecule has 0 spiro atoms. The Hall–Kier alpha value is -1.59. The first-order chi connectivity index (χ1) is 32.4. The molecular formula is C60H116O6. The van der Waals surface area contributed by atoms with Crippen molar-refractivity contribution in [1.29, 1.82) is 0 Å². The van der Waals surface area contributed by atoms with Gasteiger partial charge in [0.2, 0.25) is 0 Å². The van der Waals surface area contributed by atoms with Gasteiger partial charge in [0, 0.05) is 19.3 Å². The number of hydrogen-bond donors (Lipinski definition) is 0. The summed E-state index contributed by atoms with van der Waals surface area (Å²) in [5, 5.41) is 0. The third kappa shape index (κ3) is 53.4. The van der Waals surface area contributed by atoms with Crippen LogP contribution in [0.25, 0.3) is 0 Å². The van der Waals surface area contributed by atoms with Crippen LogP contribution in [0, 0.1) is 5.92 Å². The van der Waals surface area contributed by atoms with Crippen LogP contribution in [0.1, 0.15) is 342 Å². The lowest BCUT2D eigenvalue weighted by molar-refractivity contribution is -0.167. The minimum absolute atomic E-state index is 0.0615. The molecule has 0 aromatic heterocycles. The smallest absolute Gasteiger partial charge is 0.306 e. The molecule has 0 amide bonds. The summed E-state index contributed by atoms with van der Waals surface area (Å²) in [6.07, 6.45) is 59.5. The van der Waals surface area contributed by atoms with Crippen LogP contribution in [-0.2, 0) is 28.6 Å². The fraction of sp³-hybridized carbons (Fsp3) is 0.950. The molecule has 0 aromatic rings. The van der Waals surface area contributed by atoms with E-state index < -0.39 is 6.10 Å². The van der Waals surface area contributed by atoms with Gasteiger partial charge in [-0.2, -0.15) is 0 Å². The zero-order valence-corrected chi connectivity index (χ0v) is 45.2. The molecule has 0 saturated heterocycles. The van der Waals surface area contributed by atoms with E-state index in [0.29, 0.717) is 19.3 Å². The second-order valence-electron chi connectivity index (χ2n) is 21.1. The van der Waals surface area contributed by atoms with Crippen LogP contribution in [0.4, 0.5) is 0 Å². The van der Waals surface area contributed by atoms with E-state index >= 15 is 0 Å². The van der Waals surface area contributed by atoms with Crippen LogP contribution in [0.15, 0.2) is 0 Å². The summed E-state index contributed by atoms with van der Waals surface area (Å²) in [7, 11) is 0. The van der Waals surface area contributed by atoms with E-state index in [0.717, 1.165) is 63.7 Å². The van der Waals surface area contributed by atoms with Crippen molar-refractivity contribution in [2.45, 2.75) is 348 Å². The Labute approximate surface area is 412 Å². The third-order valence-electron chi connectivity index (χ3n) is 13.8. The molecule has 0 aliphatic heterocycles. The lowest BCUT2D eigenvalue weighted by Crippen LogP contribution is -2.30. The summed E-state index contributed by atoms with van der Waals surface area (Å²) in [6, 6.07) is 0. The number of carbonyl (C=O) groups excluding carboxylic acids is 3. The van der Waals surface area contributed by atoms with E-state index in [-0.39, 0.29) is 31.1 Å². The topological polar surface area (TPSA) is 78.9 Å². The second kappa shape index (κ2) is 54.4. The molecule has 1 atom stereocenters. The maximum atomic E-state index is 12.9. The average Bonchev–Trinajstić information content (AvgIpc) is 3.30. The normalized spacial score (nSPS) is 12.0. The Morgan fingerprint density at radius 2 is 0.500 bits per heavy atom. The van der Waals surface area contributed by atoms with E-state index in [9.17, 15) is 14.4 Å². The summed E-state index contributed by atoms with van der Waals surface area (Å²) in [5.41, 5.74) is 0. The van der Waals surface area contributed by atoms with Crippen molar-refractivity contribution >= 4 is 17.9 Å². The summed E-state index contributed by atoms with van der Waals surface area (Å²) >= 11 is 0. The summed E-state index contributed by atoms with van der Waals surface area (Å²) < 4.78 is 16.9. The van der Waals surface area contributed by atoms with E-state index in [1.54, 1.807) is 0 Å². The van der Waals surface area contributed by atoms with Gasteiger partial charge in [0.15, 0.2) is 6.10 Å². The first kappa shape index (κ1) is 64.4. The molecule has 0 saturated carbocycles. The zero-order valence-electron chi connectivity index (χ0n) is 45.2. The lowest BCUT2D eigenvalue weighted by atomic mass is 10.0. The molecule has 0 aromatic carbocycles. The van der Waals surface area contributed by atoms with E-state index in [2.05, 4.69) is 27.7 Å². The highest BCUT2D eigenvalue weighted by Gasteiger charge is 2.19. The van der Waals surface area contributed by atoms with Gasteiger partial charge in [-0.05, 0) is 25.2 Å². The average molecular weight is 934 g/mol. The maximum Gasteiger partial charge on any atom is 0.306 e. The van der Waals surface area contributed by atoms with Crippen molar-refractivity contribution in [2.24, 2.45) is 5.92 Å². The van der Waals surface area contributed by atoms with E-state index in [4.69, 9.17) is 14.2 Å². The Bertz CT molecular complexity index is 996. The van der Waals surface area contributed by atoms with Gasteiger partial charge in [-0.15, -0.1) is 0 Å². The zero-order chi connectivity index (χ0) is 48.1. The van der Waals surface area contributed by atoms with Crippen LogP contribution in [0.3, 0.4) is 0 Å². The van der Waals surface area contributed by atoms with E-state index in [1.165, 1.54) is 238 Å². The van der Waals surface area contributed by atoms with Crippen molar-refractivity contribution in [3.8, 4) is 0 Å². The van der Waals surface area contributed by atoms with Crippen LogP contribution in [-0.4, -0.2) is 37.2 Å². The minimum Gasteiger partial charge on any atom is -0.462 e. The molecule has 0 heterocycles. The molecule has 0 bridgehead atoms. The molecule has 66 heavy (non-hydrogen) atoms. The van der Waals surface area contributed by atoms with Gasteiger partial charge < -0.3 is 14.2 Å². The number of unbranched alkanes of at least 4 members (excludes halogenated alkanes) is 42. The molecule has 6 heteroatoms. The van der Waals surface area contributed by atoms with Crippen molar-refractivity contribution < 1.29 is 28.6 Å². The summed E-state index contributed by atoms with van der Waals surface area (Å²) in [6.45, 7) is 9.08. The highest BCUT2D eigenvalue weighted by atomic mass is 16.6. The molecular weight excluding hydrogens is 817 g/mol. The molecule has 0 aliphatic carbocycles. The Kier molecular flexibility index (Phi) is 53.0. The number of ether oxygens (including phenoxy) is 3. The van der Waals surface area contributed by atoms with E-state index in [1.807, 2.05) is 0 Å². The van der Waals surface area contributed by atoms with Crippen molar-refractivity contribution in [2.75, 3.05) is 13.2 Å². The van der Waals surface area contributed by atoms with Crippen molar-refractivity contribution in [1.82, 2.24) is 0 Å². The predicted octanol–water partition coefficient (Wildman–Crippen LogP) is 19.8. The van der Waals surface area contributed by atoms with Gasteiger partial charge in [-0.3, -0.25) is 14.4 Å². The first-order valence-electron chi connectivity index (χ1n) is 29.9. The highest BCUT2D eigenvalue weighted by molar-refractivity contribution is 5.71. The molecule has 0 fully saturated rings. The molecule has 6 nitrogen and oxygen atoms in total. The van der Waals surface area contributed by atoms with Crippen molar-refractivity contribution in [3.63, 3.8) is 0 Å². The summed E-state index contributed by atoms with van der Waals surface area (Å²) in [4.78, 5) is 38.2. The standard InChI is InChI=1S/C60H116O6/c1-5-7-9-11-13-15-17-19-20-21-25-28-32-36-40-44-48-52-59(62)65-55-57(54-64-58(61)51-47-43-39-35-31-18-16-14-12-10-8-6-2)66-60(63)53-49-45-41-37-33-29-26-23-22-24-27-30-34-38-42-46-50-56(3)4/h56-57H,5-55H2,1-4H3/t57-/m1/s1. The first-order valence-corrected chi connectivity index (χ1v) is 29.9. The van der Waals surface area contributed by atoms with Gasteiger partial charge in [0.05, 0.1) is 0 Å². The Morgan fingerprint density at radius 3 is 0.742 bits per heavy atom. The van der Waals surface area contributed by atoms with Crippen molar-refractivity contribution in [3.05, 3.63) is 0 Å². The van der Waals surface area contributed by atoms with Gasteiger partial charge in [-0.1, -0.05) is 304 Å². The molecule has 0 aliphatic rings. The molecule has 0 N–H and O–H groups in total. The Morgan fingerprint density at radius 1 is 0.288 bits per heavy atom. The van der Waals surface area contributed by atoms with Gasteiger partial charge >= 0.3 is 17.9 Å². The predicted molar refractivity (Wildman–Crippen MR) is 284 cm³/mol. The summed E-state index contributed by atoms with van der Waals surface area (Å²) in [5.74, 6) is 0.0190. The molecule has 0 unspecified atom stereocenters. The SMILES string of the molecule is CCCCCCCCCCCCCCCCCCCC(=O)OC[C@@H](COC(=O)CCCCCCCCCCCCCC)OC(=O)CCCCCCCCCCCCCCCCCCC(C)C.